The van der Waals surface area contributed by atoms with Crippen LogP contribution in [0.3, 0.4) is 0 Å². The van der Waals surface area contributed by atoms with Crippen LogP contribution in [0, 0.1) is 20.8 Å². The molecule has 1 aromatic heterocycles. The predicted octanol–water partition coefficient (Wildman–Crippen LogP) is 4.95. The number of ether oxygens (including phenoxy) is 1. The lowest BCUT2D eigenvalue weighted by Crippen LogP contribution is -2.04. The van der Waals surface area contributed by atoms with Gasteiger partial charge in [0.25, 0.3) is 0 Å². The molecule has 134 valence electrons. The van der Waals surface area contributed by atoms with Gasteiger partial charge in [0, 0.05) is 16.8 Å². The maximum atomic E-state index is 6.15. The van der Waals surface area contributed by atoms with Crippen LogP contribution in [-0.4, -0.2) is 22.3 Å². The van der Waals surface area contributed by atoms with Crippen molar-refractivity contribution >= 4 is 34.7 Å². The van der Waals surface area contributed by atoms with Crippen LogP contribution >= 0.6 is 11.6 Å². The lowest BCUT2D eigenvalue weighted by Gasteiger charge is -2.13. The summed E-state index contributed by atoms with van der Waals surface area (Å²) in [6.45, 7) is 6.01. The molecule has 26 heavy (non-hydrogen) atoms. The number of hydrogen-bond acceptors (Lipinski definition) is 6. The molecule has 2 aromatic carbocycles. The van der Waals surface area contributed by atoms with Gasteiger partial charge < -0.3 is 15.4 Å². The maximum absolute atomic E-state index is 6.15. The highest BCUT2D eigenvalue weighted by Crippen LogP contribution is 2.32. The van der Waals surface area contributed by atoms with Gasteiger partial charge in [-0.25, -0.2) is 0 Å². The van der Waals surface area contributed by atoms with Crippen LogP contribution in [-0.2, 0) is 0 Å². The Hall–Kier alpha value is -2.86. The van der Waals surface area contributed by atoms with E-state index in [4.69, 9.17) is 16.3 Å². The van der Waals surface area contributed by atoms with Crippen molar-refractivity contribution in [2.75, 3.05) is 17.7 Å². The largest absolute Gasteiger partial charge is 0.495 e. The van der Waals surface area contributed by atoms with Gasteiger partial charge in [-0.05, 0) is 49.6 Å². The fraction of sp³-hybridized carbons (Fsp3) is 0.211. The second-order valence-corrected chi connectivity index (χ2v) is 6.44. The van der Waals surface area contributed by atoms with Crippen LogP contribution in [0.4, 0.5) is 23.1 Å². The lowest BCUT2D eigenvalue weighted by atomic mass is 10.1. The summed E-state index contributed by atoms with van der Waals surface area (Å²) in [6.07, 6.45) is 1.58. The molecule has 0 aliphatic carbocycles. The van der Waals surface area contributed by atoms with Gasteiger partial charge >= 0.3 is 0 Å². The van der Waals surface area contributed by atoms with Gasteiger partial charge in [0.1, 0.15) is 5.75 Å². The third-order valence-corrected chi connectivity index (χ3v) is 4.35. The molecule has 0 aliphatic heterocycles. The molecule has 0 aliphatic rings. The summed E-state index contributed by atoms with van der Waals surface area (Å²) in [6, 6.07) is 9.84. The molecule has 0 saturated heterocycles. The number of nitrogens with zero attached hydrogens (tertiary/aromatic N) is 3. The van der Waals surface area contributed by atoms with Crippen LogP contribution in [0.1, 0.15) is 16.7 Å². The van der Waals surface area contributed by atoms with Crippen molar-refractivity contribution < 1.29 is 4.74 Å². The summed E-state index contributed by atoms with van der Waals surface area (Å²) in [4.78, 5) is 4.48. The van der Waals surface area contributed by atoms with Crippen LogP contribution in [0.15, 0.2) is 36.5 Å². The monoisotopic (exact) mass is 369 g/mol. The molecule has 3 aromatic rings. The SMILES string of the molecule is COc1cc(Cl)c(C)cc1Nc1nncc(Nc2cc(C)ccc2C)n1. The standard InChI is InChI=1S/C19H20ClN5O/c1-11-5-6-12(2)15(7-11)22-18-10-21-25-19(24-18)23-16-8-13(3)14(20)9-17(16)26-4/h5-10H,1-4H3,(H2,22,23,24,25). The summed E-state index contributed by atoms with van der Waals surface area (Å²) in [5, 5.41) is 15.1. The zero-order chi connectivity index (χ0) is 18.7. The van der Waals surface area contributed by atoms with E-state index >= 15 is 0 Å². The van der Waals surface area contributed by atoms with Crippen LogP contribution in [0.25, 0.3) is 0 Å². The number of hydrogen-bond donors (Lipinski definition) is 2. The van der Waals surface area contributed by atoms with E-state index in [1.807, 2.05) is 26.8 Å². The number of nitrogens with one attached hydrogen (secondary N) is 2. The molecule has 2 N–H and O–H groups in total. The number of halogens is 1. The van der Waals surface area contributed by atoms with Crippen molar-refractivity contribution in [3.8, 4) is 5.75 Å². The van der Waals surface area contributed by atoms with E-state index in [0.717, 1.165) is 22.5 Å². The highest BCUT2D eigenvalue weighted by Gasteiger charge is 2.10. The molecule has 0 fully saturated rings. The Kier molecular flexibility index (Phi) is 5.23. The molecular weight excluding hydrogens is 350 g/mol. The van der Waals surface area contributed by atoms with Gasteiger partial charge in [-0.15, -0.1) is 5.10 Å². The first-order valence-corrected chi connectivity index (χ1v) is 8.49. The molecule has 0 bridgehead atoms. The summed E-state index contributed by atoms with van der Waals surface area (Å²) in [7, 11) is 1.59. The number of aryl methyl sites for hydroxylation is 3. The highest BCUT2D eigenvalue weighted by atomic mass is 35.5. The van der Waals surface area contributed by atoms with Crippen LogP contribution in [0.5, 0.6) is 5.75 Å². The Morgan fingerprint density at radius 1 is 0.962 bits per heavy atom. The fourth-order valence-electron chi connectivity index (χ4n) is 2.48. The Balaban J connectivity index is 1.86. The first kappa shape index (κ1) is 17.9. The molecule has 7 heteroatoms. The zero-order valence-electron chi connectivity index (χ0n) is 15.1. The second kappa shape index (κ2) is 7.58. The smallest absolute Gasteiger partial charge is 0.249 e. The lowest BCUT2D eigenvalue weighted by molar-refractivity contribution is 0.416. The Morgan fingerprint density at radius 3 is 2.54 bits per heavy atom. The summed E-state index contributed by atoms with van der Waals surface area (Å²) in [5.74, 6) is 1.57. The Bertz CT molecular complexity index is 945. The number of aromatic nitrogens is 3. The van der Waals surface area contributed by atoms with Gasteiger partial charge in [-0.1, -0.05) is 23.7 Å². The minimum absolute atomic E-state index is 0.361. The first-order chi connectivity index (χ1) is 12.5. The summed E-state index contributed by atoms with van der Waals surface area (Å²) < 4.78 is 5.37. The molecule has 6 nitrogen and oxygen atoms in total. The Labute approximate surface area is 157 Å². The van der Waals surface area contributed by atoms with Crippen molar-refractivity contribution in [3.05, 3.63) is 58.2 Å². The molecule has 0 amide bonds. The first-order valence-electron chi connectivity index (χ1n) is 8.11. The molecular formula is C19H20ClN5O. The van der Waals surface area contributed by atoms with Crippen molar-refractivity contribution in [2.45, 2.75) is 20.8 Å². The normalized spacial score (nSPS) is 10.5. The van der Waals surface area contributed by atoms with E-state index in [2.05, 4.69) is 44.0 Å². The van der Waals surface area contributed by atoms with Crippen molar-refractivity contribution in [1.29, 1.82) is 0 Å². The number of benzene rings is 2. The van der Waals surface area contributed by atoms with E-state index in [1.54, 1.807) is 19.4 Å². The zero-order valence-corrected chi connectivity index (χ0v) is 15.8. The predicted molar refractivity (Wildman–Crippen MR) is 105 cm³/mol. The topological polar surface area (TPSA) is 72.0 Å². The Morgan fingerprint density at radius 2 is 1.77 bits per heavy atom. The molecule has 0 atom stereocenters. The van der Waals surface area contributed by atoms with E-state index in [9.17, 15) is 0 Å². The highest BCUT2D eigenvalue weighted by molar-refractivity contribution is 6.31. The second-order valence-electron chi connectivity index (χ2n) is 6.04. The summed E-state index contributed by atoms with van der Waals surface area (Å²) in [5.41, 5.74) is 4.92. The number of anilines is 4. The van der Waals surface area contributed by atoms with Gasteiger partial charge in [-0.3, -0.25) is 0 Å². The van der Waals surface area contributed by atoms with Gasteiger partial charge in [0.15, 0.2) is 5.82 Å². The van der Waals surface area contributed by atoms with Crippen LogP contribution < -0.4 is 15.4 Å². The maximum Gasteiger partial charge on any atom is 0.249 e. The minimum atomic E-state index is 0.361. The molecule has 3 rings (SSSR count). The van der Waals surface area contributed by atoms with Gasteiger partial charge in [-0.2, -0.15) is 10.1 Å². The number of methoxy groups -OCH3 is 1. The quantitative estimate of drug-likeness (QED) is 0.663. The average molecular weight is 370 g/mol. The minimum Gasteiger partial charge on any atom is -0.495 e. The van der Waals surface area contributed by atoms with Crippen LogP contribution in [0.2, 0.25) is 5.02 Å². The van der Waals surface area contributed by atoms with Gasteiger partial charge in [0.05, 0.1) is 19.0 Å². The molecule has 0 saturated carbocycles. The van der Waals surface area contributed by atoms with Crippen molar-refractivity contribution in [1.82, 2.24) is 15.2 Å². The van der Waals surface area contributed by atoms with E-state index in [1.165, 1.54) is 5.56 Å². The third-order valence-electron chi connectivity index (χ3n) is 3.94. The van der Waals surface area contributed by atoms with Gasteiger partial charge in [0.2, 0.25) is 5.95 Å². The molecule has 1 heterocycles. The molecule has 0 spiro atoms. The molecule has 0 radical (unpaired) electrons. The van der Waals surface area contributed by atoms with Crippen molar-refractivity contribution in [2.24, 2.45) is 0 Å². The number of rotatable bonds is 5. The van der Waals surface area contributed by atoms with Crippen molar-refractivity contribution in [3.63, 3.8) is 0 Å². The average Bonchev–Trinajstić information content (AvgIpc) is 2.61. The van der Waals surface area contributed by atoms with E-state index in [-0.39, 0.29) is 0 Å². The van der Waals surface area contributed by atoms with E-state index in [0.29, 0.717) is 22.5 Å². The third kappa shape index (κ3) is 4.03. The molecule has 0 unspecified atom stereocenters. The summed E-state index contributed by atoms with van der Waals surface area (Å²) >= 11 is 6.15. The fourth-order valence-corrected chi connectivity index (χ4v) is 2.63. The van der Waals surface area contributed by atoms with E-state index < -0.39 is 0 Å².